The van der Waals surface area contributed by atoms with Crippen molar-refractivity contribution in [1.29, 1.82) is 0 Å². The second-order valence-corrected chi connectivity index (χ2v) is 12.8. The van der Waals surface area contributed by atoms with Crippen molar-refractivity contribution in [2.24, 2.45) is 22.2 Å². The summed E-state index contributed by atoms with van der Waals surface area (Å²) in [7, 11) is 0. The zero-order valence-electron chi connectivity index (χ0n) is 25.7. The molecule has 0 bridgehead atoms. The van der Waals surface area contributed by atoms with Gasteiger partial charge in [0, 0.05) is 31.3 Å². The number of hydrogen-bond acceptors (Lipinski definition) is 3. The molecule has 1 amide bonds. The Balaban J connectivity index is 0.000000280. The van der Waals surface area contributed by atoms with E-state index in [0.29, 0.717) is 43.6 Å². The topological polar surface area (TPSA) is 41.9 Å². The van der Waals surface area contributed by atoms with Gasteiger partial charge < -0.3 is 9.64 Å². The zero-order chi connectivity index (χ0) is 30.3. The van der Waals surface area contributed by atoms with Gasteiger partial charge in [-0.25, -0.2) is 4.79 Å². The fraction of sp³-hybridized carbons (Fsp3) is 0.636. The normalized spacial score (nSPS) is 21.4. The molecule has 3 atom stereocenters. The van der Waals surface area contributed by atoms with Crippen LogP contribution in [0.1, 0.15) is 92.6 Å². The second-order valence-electron chi connectivity index (χ2n) is 12.8. The molecule has 1 fully saturated rings. The number of hydrogen-bond donors (Lipinski definition) is 0. The number of aliphatic imine (C=N–C) groups is 1. The highest BCUT2D eigenvalue weighted by Crippen LogP contribution is 2.40. The highest BCUT2D eigenvalue weighted by molar-refractivity contribution is 6.01. The van der Waals surface area contributed by atoms with Crippen LogP contribution in [-0.4, -0.2) is 48.1 Å². The van der Waals surface area contributed by atoms with E-state index < -0.39 is 17.4 Å². The molecule has 3 unspecified atom stereocenters. The van der Waals surface area contributed by atoms with E-state index in [2.05, 4.69) is 63.5 Å². The molecular formula is C33H49F3N2O2. The maximum atomic E-state index is 13.0. The van der Waals surface area contributed by atoms with Crippen molar-refractivity contribution in [3.8, 4) is 0 Å². The lowest BCUT2D eigenvalue weighted by atomic mass is 9.70. The quantitative estimate of drug-likeness (QED) is 0.324. The molecule has 2 aliphatic rings. The van der Waals surface area contributed by atoms with Gasteiger partial charge in [0.05, 0.1) is 5.57 Å². The number of halogens is 3. The predicted molar refractivity (Wildman–Crippen MR) is 159 cm³/mol. The number of benzene rings is 1. The minimum atomic E-state index is -4.29. The maximum absolute atomic E-state index is 13.0. The van der Waals surface area contributed by atoms with Crippen LogP contribution in [0.2, 0.25) is 0 Å². The number of piperidine rings is 1. The van der Waals surface area contributed by atoms with E-state index in [9.17, 15) is 18.0 Å². The minimum absolute atomic E-state index is 0.156. The third-order valence-electron chi connectivity index (χ3n) is 8.36. The van der Waals surface area contributed by atoms with E-state index in [1.807, 2.05) is 38.7 Å². The third kappa shape index (κ3) is 9.52. The number of carbonyl (C=O) groups excluding carboxylic acids is 1. The van der Waals surface area contributed by atoms with Gasteiger partial charge in [-0.1, -0.05) is 76.3 Å². The minimum Gasteiger partial charge on any atom is -0.444 e. The van der Waals surface area contributed by atoms with Crippen molar-refractivity contribution in [3.05, 3.63) is 59.7 Å². The molecule has 1 saturated heterocycles. The van der Waals surface area contributed by atoms with E-state index in [4.69, 9.17) is 4.74 Å². The number of allylic oxidation sites excluding steroid dienone is 2. The van der Waals surface area contributed by atoms with E-state index >= 15 is 0 Å². The largest absolute Gasteiger partial charge is 0.444 e. The van der Waals surface area contributed by atoms with Gasteiger partial charge in [0.1, 0.15) is 5.60 Å². The lowest BCUT2D eigenvalue weighted by Crippen LogP contribution is -2.44. The molecule has 4 nitrogen and oxygen atoms in total. The van der Waals surface area contributed by atoms with Crippen molar-refractivity contribution in [3.63, 3.8) is 0 Å². The van der Waals surface area contributed by atoms with Gasteiger partial charge in [0.15, 0.2) is 0 Å². The molecule has 3 rings (SSSR count). The monoisotopic (exact) mass is 562 g/mol. The summed E-state index contributed by atoms with van der Waals surface area (Å²) >= 11 is 0. The van der Waals surface area contributed by atoms with Crippen LogP contribution < -0.4 is 0 Å². The van der Waals surface area contributed by atoms with E-state index in [1.54, 1.807) is 0 Å². The predicted octanol–water partition coefficient (Wildman–Crippen LogP) is 9.39. The molecule has 2 heterocycles. The van der Waals surface area contributed by atoms with Crippen LogP contribution in [0.15, 0.2) is 59.1 Å². The van der Waals surface area contributed by atoms with Crippen molar-refractivity contribution >= 4 is 11.8 Å². The molecule has 40 heavy (non-hydrogen) atoms. The Hall–Kier alpha value is -2.57. The number of alkyl halides is 3. The Morgan fingerprint density at radius 3 is 2.30 bits per heavy atom. The number of ether oxygens (including phenoxy) is 1. The summed E-state index contributed by atoms with van der Waals surface area (Å²) in [5.74, 6) is 1.33. The lowest BCUT2D eigenvalue weighted by Gasteiger charge is -2.38. The zero-order valence-corrected chi connectivity index (χ0v) is 25.7. The van der Waals surface area contributed by atoms with Crippen LogP contribution in [0.4, 0.5) is 18.0 Å². The summed E-state index contributed by atoms with van der Waals surface area (Å²) in [4.78, 5) is 18.1. The molecule has 0 N–H and O–H groups in total. The Kier molecular flexibility index (Phi) is 11.7. The van der Waals surface area contributed by atoms with Crippen molar-refractivity contribution in [2.45, 2.75) is 98.8 Å². The summed E-state index contributed by atoms with van der Waals surface area (Å²) in [6, 6.07) is 10.5. The summed E-state index contributed by atoms with van der Waals surface area (Å²) in [5, 5.41) is 0. The molecule has 0 aromatic heterocycles. The average molecular weight is 563 g/mol. The standard InChI is InChI=1S/C17H25NO2.C16H24F3N/c1-13-10-11-18(16(19)20-17(2,3)4)12-15(13)14-8-6-5-7-9-14;1-11(2)15(5,12(3)4)9-8-14-13(16(17,18)19)7-6-10-20-14/h5-9,13,15H,10-12H2,1-4H3;7,12H,1,6,8-10H2,2-5H3. The first-order valence-electron chi connectivity index (χ1n) is 14.5. The van der Waals surface area contributed by atoms with E-state index in [-0.39, 0.29) is 17.2 Å². The van der Waals surface area contributed by atoms with Crippen LogP contribution in [0.25, 0.3) is 0 Å². The summed E-state index contributed by atoms with van der Waals surface area (Å²) in [6.07, 6.45) is -0.810. The molecule has 1 aromatic carbocycles. The number of carbonyl (C=O) groups is 1. The van der Waals surface area contributed by atoms with Gasteiger partial charge in [-0.2, -0.15) is 13.2 Å². The van der Waals surface area contributed by atoms with Crippen LogP contribution in [-0.2, 0) is 4.74 Å². The number of likely N-dealkylation sites (tertiary alicyclic amines) is 1. The molecule has 224 valence electrons. The molecule has 0 radical (unpaired) electrons. The van der Waals surface area contributed by atoms with Gasteiger partial charge in [0.25, 0.3) is 0 Å². The highest BCUT2D eigenvalue weighted by atomic mass is 19.4. The first kappa shape index (κ1) is 33.6. The maximum Gasteiger partial charge on any atom is 0.417 e. The first-order chi connectivity index (χ1) is 18.5. The average Bonchev–Trinajstić information content (AvgIpc) is 2.86. The van der Waals surface area contributed by atoms with Crippen LogP contribution in [0, 0.1) is 17.3 Å². The Bertz CT molecular complexity index is 1050. The molecule has 0 aliphatic carbocycles. The number of nitrogens with zero attached hydrogens (tertiary/aromatic N) is 2. The number of amides is 1. The Morgan fingerprint density at radius 1 is 1.15 bits per heavy atom. The number of rotatable bonds is 6. The molecule has 7 heteroatoms. The summed E-state index contributed by atoms with van der Waals surface area (Å²) < 4.78 is 44.4. The van der Waals surface area contributed by atoms with E-state index in [1.165, 1.54) is 11.6 Å². The molecular weight excluding hydrogens is 513 g/mol. The van der Waals surface area contributed by atoms with Crippen LogP contribution in [0.3, 0.4) is 0 Å². The van der Waals surface area contributed by atoms with E-state index in [0.717, 1.165) is 25.1 Å². The Labute approximate surface area is 239 Å². The second kappa shape index (κ2) is 13.9. The first-order valence-corrected chi connectivity index (χ1v) is 14.5. The number of dihydropyridines is 1. The summed E-state index contributed by atoms with van der Waals surface area (Å²) in [6.45, 7) is 22.2. The fourth-order valence-electron chi connectivity index (χ4n) is 5.17. The van der Waals surface area contributed by atoms with Gasteiger partial charge in [-0.05, 0) is 76.2 Å². The summed E-state index contributed by atoms with van der Waals surface area (Å²) in [5.41, 5.74) is 1.40. The Morgan fingerprint density at radius 2 is 1.77 bits per heavy atom. The van der Waals surface area contributed by atoms with Crippen molar-refractivity contribution < 1.29 is 22.7 Å². The van der Waals surface area contributed by atoms with Crippen LogP contribution >= 0.6 is 0 Å². The highest BCUT2D eigenvalue weighted by Gasteiger charge is 2.38. The van der Waals surface area contributed by atoms with Crippen molar-refractivity contribution in [2.75, 3.05) is 19.6 Å². The van der Waals surface area contributed by atoms with Gasteiger partial charge >= 0.3 is 12.3 Å². The molecule has 0 saturated carbocycles. The van der Waals surface area contributed by atoms with Gasteiger partial charge in [-0.15, -0.1) is 0 Å². The van der Waals surface area contributed by atoms with Gasteiger partial charge in [-0.3, -0.25) is 4.99 Å². The fourth-order valence-corrected chi connectivity index (χ4v) is 5.17. The lowest BCUT2D eigenvalue weighted by molar-refractivity contribution is -0.0866. The smallest absolute Gasteiger partial charge is 0.417 e. The van der Waals surface area contributed by atoms with Gasteiger partial charge in [0.2, 0.25) is 0 Å². The SMILES string of the molecule is C=C(C)C(C)(CCC1=NCCC=C1C(F)(F)F)C(C)C.CC1CCN(C(=O)OC(C)(C)C)CC1c1ccccc1. The van der Waals surface area contributed by atoms with Crippen molar-refractivity contribution in [1.82, 2.24) is 4.90 Å². The van der Waals surface area contributed by atoms with Crippen LogP contribution in [0.5, 0.6) is 0 Å². The molecule has 2 aliphatic heterocycles. The molecule has 1 aromatic rings. The molecule has 0 spiro atoms. The third-order valence-corrected chi connectivity index (χ3v) is 8.36.